The van der Waals surface area contributed by atoms with E-state index in [1.54, 1.807) is 0 Å². The molecule has 42 heavy (non-hydrogen) atoms. The second-order valence-corrected chi connectivity index (χ2v) is 11.5. The lowest BCUT2D eigenvalue weighted by Gasteiger charge is -2.27. The molecule has 0 aliphatic heterocycles. The molecule has 1 aromatic heterocycles. The molecule has 218 valence electrons. The van der Waals surface area contributed by atoms with Crippen LogP contribution in [0.2, 0.25) is 0 Å². The fourth-order valence-electron chi connectivity index (χ4n) is 5.52. The SMILES string of the molecule is Cc1cccc(CN(C(=O)C2CC2c2ccccc2)c2ccc3c(c2)C(N)CCC3)n1.FC(F)(F)c1ccc(S)cc1. The van der Waals surface area contributed by atoms with E-state index in [9.17, 15) is 18.0 Å². The third-order valence-corrected chi connectivity index (χ3v) is 8.16. The van der Waals surface area contributed by atoms with Gasteiger partial charge in [0.25, 0.3) is 0 Å². The molecule has 8 heteroatoms. The molecule has 2 N–H and O–H groups in total. The summed E-state index contributed by atoms with van der Waals surface area (Å²) in [5.74, 6) is 0.514. The smallest absolute Gasteiger partial charge is 0.324 e. The molecular formula is C34H34F3N3OS. The number of nitrogens with two attached hydrogens (primary N) is 1. The summed E-state index contributed by atoms with van der Waals surface area (Å²) in [6.07, 6.45) is -0.144. The zero-order chi connectivity index (χ0) is 29.9. The molecular weight excluding hydrogens is 555 g/mol. The molecule has 4 nitrogen and oxygen atoms in total. The summed E-state index contributed by atoms with van der Waals surface area (Å²) >= 11 is 3.86. The monoisotopic (exact) mass is 589 g/mol. The van der Waals surface area contributed by atoms with Crippen LogP contribution in [0.5, 0.6) is 0 Å². The minimum absolute atomic E-state index is 0.0249. The standard InChI is InChI=1S/C27H29N3O.C7H5F3S/c1-18-7-5-11-21(29-18)17-30(22-14-13-20-10-6-12-26(28)24(20)15-22)27(31)25-16-23(25)19-8-3-2-4-9-19;8-7(9,10)5-1-3-6(11)4-2-5/h2-5,7-9,11,13-15,23,25-26H,6,10,12,16-17,28H2,1H3;1-4,11H. The Labute approximate surface area is 250 Å². The van der Waals surface area contributed by atoms with E-state index in [2.05, 4.69) is 60.1 Å². The van der Waals surface area contributed by atoms with Crippen LogP contribution in [-0.2, 0) is 23.9 Å². The number of fused-ring (bicyclic) bond motifs is 1. The molecule has 1 fully saturated rings. The lowest BCUT2D eigenvalue weighted by atomic mass is 9.88. The van der Waals surface area contributed by atoms with Crippen molar-refractivity contribution in [2.24, 2.45) is 11.7 Å². The van der Waals surface area contributed by atoms with Crippen molar-refractivity contribution in [1.82, 2.24) is 4.98 Å². The Morgan fingerprint density at radius 2 is 1.74 bits per heavy atom. The van der Waals surface area contributed by atoms with Crippen LogP contribution in [0.1, 0.15) is 64.9 Å². The molecule has 0 bridgehead atoms. The maximum absolute atomic E-state index is 13.7. The van der Waals surface area contributed by atoms with Gasteiger partial charge < -0.3 is 10.6 Å². The molecule has 2 aliphatic carbocycles. The molecule has 0 spiro atoms. The van der Waals surface area contributed by atoms with Gasteiger partial charge in [0.2, 0.25) is 5.91 Å². The number of hydrogen-bond acceptors (Lipinski definition) is 4. The van der Waals surface area contributed by atoms with Gasteiger partial charge in [0.1, 0.15) is 0 Å². The molecule has 1 saturated carbocycles. The summed E-state index contributed by atoms with van der Waals surface area (Å²) in [7, 11) is 0. The van der Waals surface area contributed by atoms with Crippen LogP contribution < -0.4 is 10.6 Å². The molecule has 1 heterocycles. The van der Waals surface area contributed by atoms with Crippen LogP contribution in [0.4, 0.5) is 18.9 Å². The number of nitrogens with zero attached hydrogens (tertiary/aromatic N) is 2. The molecule has 6 rings (SSSR count). The normalized spacial score (nSPS) is 19.2. The van der Waals surface area contributed by atoms with Crippen molar-refractivity contribution in [1.29, 1.82) is 0 Å². The van der Waals surface area contributed by atoms with Gasteiger partial charge in [-0.2, -0.15) is 13.2 Å². The van der Waals surface area contributed by atoms with E-state index < -0.39 is 11.7 Å². The maximum atomic E-state index is 13.7. The average molecular weight is 590 g/mol. The quantitative estimate of drug-likeness (QED) is 0.232. The van der Waals surface area contributed by atoms with Gasteiger partial charge >= 0.3 is 6.18 Å². The van der Waals surface area contributed by atoms with Crippen molar-refractivity contribution in [3.63, 3.8) is 0 Å². The lowest BCUT2D eigenvalue weighted by Crippen LogP contribution is -2.33. The third-order valence-electron chi connectivity index (χ3n) is 7.86. The number of carbonyl (C=O) groups is 1. The van der Waals surface area contributed by atoms with Crippen LogP contribution in [0, 0.1) is 12.8 Å². The Morgan fingerprint density at radius 3 is 2.43 bits per heavy atom. The number of alkyl halides is 3. The number of aromatic nitrogens is 1. The first-order valence-corrected chi connectivity index (χ1v) is 14.6. The number of thiol groups is 1. The predicted molar refractivity (Wildman–Crippen MR) is 162 cm³/mol. The van der Waals surface area contributed by atoms with Crippen molar-refractivity contribution >= 4 is 24.2 Å². The van der Waals surface area contributed by atoms with Crippen LogP contribution in [0.15, 0.2) is 95.9 Å². The Balaban J connectivity index is 0.000000271. The van der Waals surface area contributed by atoms with Crippen molar-refractivity contribution in [2.75, 3.05) is 4.90 Å². The first-order valence-electron chi connectivity index (χ1n) is 14.1. The molecule has 3 aromatic carbocycles. The zero-order valence-corrected chi connectivity index (χ0v) is 24.3. The number of amides is 1. The second-order valence-electron chi connectivity index (χ2n) is 11.0. The fraction of sp³-hybridized carbons (Fsp3) is 0.294. The van der Waals surface area contributed by atoms with E-state index >= 15 is 0 Å². The minimum atomic E-state index is -4.25. The average Bonchev–Trinajstić information content (AvgIpc) is 3.78. The number of rotatable bonds is 5. The number of carbonyl (C=O) groups excluding carboxylic acids is 1. The van der Waals surface area contributed by atoms with Gasteiger partial charge in [-0.1, -0.05) is 42.5 Å². The number of aryl methyl sites for hydroxylation is 2. The highest BCUT2D eigenvalue weighted by molar-refractivity contribution is 7.80. The van der Waals surface area contributed by atoms with E-state index in [-0.39, 0.29) is 17.9 Å². The summed E-state index contributed by atoms with van der Waals surface area (Å²) in [6.45, 7) is 2.46. The van der Waals surface area contributed by atoms with Crippen molar-refractivity contribution in [3.05, 3.63) is 125 Å². The maximum Gasteiger partial charge on any atom is 0.416 e. The van der Waals surface area contributed by atoms with Crippen LogP contribution in [-0.4, -0.2) is 10.9 Å². The summed E-state index contributed by atoms with van der Waals surface area (Å²) < 4.78 is 35.7. The summed E-state index contributed by atoms with van der Waals surface area (Å²) in [5.41, 5.74) is 12.3. The van der Waals surface area contributed by atoms with Crippen LogP contribution in [0.25, 0.3) is 0 Å². The van der Waals surface area contributed by atoms with Gasteiger partial charge in [-0.05, 0) is 104 Å². The molecule has 3 unspecified atom stereocenters. The number of pyridine rings is 1. The van der Waals surface area contributed by atoms with Gasteiger partial charge in [-0.15, -0.1) is 12.6 Å². The zero-order valence-electron chi connectivity index (χ0n) is 23.4. The van der Waals surface area contributed by atoms with Gasteiger partial charge in [0, 0.05) is 28.2 Å². The molecule has 2 aliphatic rings. The Hall–Kier alpha value is -3.62. The Morgan fingerprint density at radius 1 is 1.00 bits per heavy atom. The molecule has 4 aromatic rings. The van der Waals surface area contributed by atoms with Gasteiger partial charge in [-0.25, -0.2) is 0 Å². The third kappa shape index (κ3) is 7.23. The Kier molecular flexibility index (Phi) is 9.04. The number of hydrogen-bond donors (Lipinski definition) is 2. The topological polar surface area (TPSA) is 59.2 Å². The van der Waals surface area contributed by atoms with E-state index in [0.29, 0.717) is 17.4 Å². The Bertz CT molecular complexity index is 1530. The van der Waals surface area contributed by atoms with Gasteiger partial charge in [0.05, 0.1) is 17.8 Å². The van der Waals surface area contributed by atoms with E-state index in [0.717, 1.165) is 54.9 Å². The summed E-state index contributed by atoms with van der Waals surface area (Å²) in [5, 5.41) is 0. The number of benzene rings is 3. The van der Waals surface area contributed by atoms with Crippen LogP contribution >= 0.6 is 12.6 Å². The first-order chi connectivity index (χ1) is 20.1. The van der Waals surface area contributed by atoms with E-state index in [1.807, 2.05) is 36.1 Å². The second kappa shape index (κ2) is 12.7. The van der Waals surface area contributed by atoms with E-state index in [1.165, 1.54) is 28.8 Å². The summed E-state index contributed by atoms with van der Waals surface area (Å²) in [4.78, 5) is 20.8. The molecule has 0 saturated heterocycles. The van der Waals surface area contributed by atoms with E-state index in [4.69, 9.17) is 5.73 Å². The summed E-state index contributed by atoms with van der Waals surface area (Å²) in [6, 6.07) is 27.4. The lowest BCUT2D eigenvalue weighted by molar-refractivity contribution is -0.137. The number of halogens is 3. The highest BCUT2D eigenvalue weighted by atomic mass is 32.1. The number of anilines is 1. The molecule has 1 amide bonds. The van der Waals surface area contributed by atoms with Gasteiger partial charge in [0.15, 0.2) is 0 Å². The van der Waals surface area contributed by atoms with Crippen LogP contribution in [0.3, 0.4) is 0 Å². The van der Waals surface area contributed by atoms with Crippen molar-refractivity contribution < 1.29 is 18.0 Å². The van der Waals surface area contributed by atoms with Crippen molar-refractivity contribution in [2.45, 2.75) is 62.2 Å². The highest BCUT2D eigenvalue weighted by Gasteiger charge is 2.46. The fourth-order valence-corrected chi connectivity index (χ4v) is 5.67. The van der Waals surface area contributed by atoms with Crippen molar-refractivity contribution in [3.8, 4) is 0 Å². The minimum Gasteiger partial charge on any atom is -0.324 e. The highest BCUT2D eigenvalue weighted by Crippen LogP contribution is 2.49. The molecule has 3 atom stereocenters. The predicted octanol–water partition coefficient (Wildman–Crippen LogP) is 8.06. The first kappa shape index (κ1) is 29.9. The largest absolute Gasteiger partial charge is 0.416 e. The molecule has 0 radical (unpaired) electrons. The van der Waals surface area contributed by atoms with Gasteiger partial charge in [-0.3, -0.25) is 9.78 Å².